The lowest BCUT2D eigenvalue weighted by Gasteiger charge is -2.33. The molecule has 0 bridgehead atoms. The number of hydrogen-bond acceptors (Lipinski definition) is 3. The van der Waals surface area contributed by atoms with Gasteiger partial charge in [-0.05, 0) is 37.3 Å². The molecule has 1 aliphatic rings. The standard InChI is InChI=1S/C18H23N3OS/c1-13-12-23-17(20-13)10-11-19-18(22)21(2)16-9-5-7-14-6-3-4-8-15(14)16/h3-4,6,8,12,16H,5,7,9-11H2,1-2H3,(H,19,22). The minimum atomic E-state index is -0.0000175. The second kappa shape index (κ2) is 7.13. The fraction of sp³-hybridized carbons (Fsp3) is 0.444. The van der Waals surface area contributed by atoms with Crippen molar-refractivity contribution in [3.63, 3.8) is 0 Å². The van der Waals surface area contributed by atoms with Gasteiger partial charge in [-0.15, -0.1) is 11.3 Å². The molecule has 0 saturated heterocycles. The SMILES string of the molecule is Cc1csc(CCNC(=O)N(C)C2CCCc3ccccc32)n1. The highest BCUT2D eigenvalue weighted by Gasteiger charge is 2.26. The van der Waals surface area contributed by atoms with Gasteiger partial charge in [0.25, 0.3) is 0 Å². The smallest absolute Gasteiger partial charge is 0.317 e. The molecule has 5 heteroatoms. The molecule has 0 fully saturated rings. The predicted molar refractivity (Wildman–Crippen MR) is 93.8 cm³/mol. The van der Waals surface area contributed by atoms with E-state index in [1.807, 2.05) is 24.3 Å². The van der Waals surface area contributed by atoms with Gasteiger partial charge in [0.2, 0.25) is 0 Å². The van der Waals surface area contributed by atoms with Gasteiger partial charge in [-0.3, -0.25) is 0 Å². The highest BCUT2D eigenvalue weighted by molar-refractivity contribution is 7.09. The minimum absolute atomic E-state index is 0.0000175. The second-order valence-electron chi connectivity index (χ2n) is 6.08. The van der Waals surface area contributed by atoms with Crippen LogP contribution in [0.15, 0.2) is 29.6 Å². The van der Waals surface area contributed by atoms with Crippen LogP contribution in [0.1, 0.15) is 40.7 Å². The van der Waals surface area contributed by atoms with E-state index in [1.54, 1.807) is 11.3 Å². The van der Waals surface area contributed by atoms with Crippen LogP contribution in [0.25, 0.3) is 0 Å². The molecule has 1 aromatic carbocycles. The van der Waals surface area contributed by atoms with Crippen LogP contribution in [-0.4, -0.2) is 29.5 Å². The number of amides is 2. The van der Waals surface area contributed by atoms with Gasteiger partial charge < -0.3 is 10.2 Å². The number of nitrogens with zero attached hydrogens (tertiary/aromatic N) is 2. The van der Waals surface area contributed by atoms with E-state index in [1.165, 1.54) is 11.1 Å². The predicted octanol–water partition coefficient (Wildman–Crippen LogP) is 3.71. The van der Waals surface area contributed by atoms with E-state index in [-0.39, 0.29) is 12.1 Å². The summed E-state index contributed by atoms with van der Waals surface area (Å²) in [4.78, 5) is 18.7. The van der Waals surface area contributed by atoms with Crippen molar-refractivity contribution in [2.45, 2.75) is 38.6 Å². The molecular formula is C18H23N3OS. The summed E-state index contributed by atoms with van der Waals surface area (Å²) in [5.74, 6) is 0. The Morgan fingerprint density at radius 2 is 2.26 bits per heavy atom. The summed E-state index contributed by atoms with van der Waals surface area (Å²) in [6.45, 7) is 2.62. The van der Waals surface area contributed by atoms with E-state index >= 15 is 0 Å². The van der Waals surface area contributed by atoms with Crippen molar-refractivity contribution in [1.29, 1.82) is 0 Å². The Hall–Kier alpha value is -1.88. The molecule has 0 saturated carbocycles. The van der Waals surface area contributed by atoms with Gasteiger partial charge in [0.05, 0.1) is 11.0 Å². The summed E-state index contributed by atoms with van der Waals surface area (Å²) >= 11 is 1.65. The number of thiazole rings is 1. The number of aromatic nitrogens is 1. The molecule has 1 heterocycles. The highest BCUT2D eigenvalue weighted by Crippen LogP contribution is 2.33. The Kier molecular flexibility index (Phi) is 4.96. The molecule has 2 amide bonds. The summed E-state index contributed by atoms with van der Waals surface area (Å²) in [6, 6.07) is 8.66. The lowest BCUT2D eigenvalue weighted by Crippen LogP contribution is -2.41. The van der Waals surface area contributed by atoms with Crippen LogP contribution in [0.5, 0.6) is 0 Å². The Morgan fingerprint density at radius 3 is 3.04 bits per heavy atom. The fourth-order valence-electron chi connectivity index (χ4n) is 3.19. The van der Waals surface area contributed by atoms with Crippen molar-refractivity contribution in [3.05, 3.63) is 51.5 Å². The summed E-state index contributed by atoms with van der Waals surface area (Å²) in [6.07, 6.45) is 4.08. The first-order valence-electron chi connectivity index (χ1n) is 8.14. The van der Waals surface area contributed by atoms with Crippen molar-refractivity contribution in [2.75, 3.05) is 13.6 Å². The van der Waals surface area contributed by atoms with Crippen molar-refractivity contribution < 1.29 is 4.79 Å². The molecule has 122 valence electrons. The molecule has 0 aliphatic heterocycles. The molecule has 1 N–H and O–H groups in total. The van der Waals surface area contributed by atoms with Gasteiger partial charge in [-0.25, -0.2) is 9.78 Å². The van der Waals surface area contributed by atoms with Gasteiger partial charge in [0.1, 0.15) is 0 Å². The molecular weight excluding hydrogens is 306 g/mol. The molecule has 0 radical (unpaired) electrons. The third-order valence-corrected chi connectivity index (χ3v) is 5.43. The maximum absolute atomic E-state index is 12.4. The third-order valence-electron chi connectivity index (χ3n) is 4.41. The average Bonchev–Trinajstić information content (AvgIpc) is 2.99. The number of fused-ring (bicyclic) bond motifs is 1. The molecule has 1 aromatic heterocycles. The highest BCUT2D eigenvalue weighted by atomic mass is 32.1. The molecule has 1 unspecified atom stereocenters. The van der Waals surface area contributed by atoms with Gasteiger partial charge in [-0.1, -0.05) is 24.3 Å². The zero-order chi connectivity index (χ0) is 16.2. The zero-order valence-corrected chi connectivity index (χ0v) is 14.5. The Balaban J connectivity index is 1.57. The fourth-order valence-corrected chi connectivity index (χ4v) is 3.97. The maximum atomic E-state index is 12.4. The molecule has 2 aromatic rings. The van der Waals surface area contributed by atoms with E-state index in [9.17, 15) is 4.79 Å². The number of carbonyl (C=O) groups is 1. The van der Waals surface area contributed by atoms with Crippen LogP contribution in [-0.2, 0) is 12.8 Å². The summed E-state index contributed by atoms with van der Waals surface area (Å²) < 4.78 is 0. The van der Waals surface area contributed by atoms with Crippen LogP contribution in [0.3, 0.4) is 0 Å². The summed E-state index contributed by atoms with van der Waals surface area (Å²) in [5, 5.41) is 6.14. The Labute approximate surface area is 141 Å². The molecule has 23 heavy (non-hydrogen) atoms. The summed E-state index contributed by atoms with van der Waals surface area (Å²) in [5.41, 5.74) is 3.72. The number of aryl methyl sites for hydroxylation is 2. The zero-order valence-electron chi connectivity index (χ0n) is 13.7. The van der Waals surface area contributed by atoms with Crippen LogP contribution < -0.4 is 5.32 Å². The van der Waals surface area contributed by atoms with Crippen LogP contribution >= 0.6 is 11.3 Å². The van der Waals surface area contributed by atoms with Crippen molar-refractivity contribution in [2.24, 2.45) is 0 Å². The van der Waals surface area contributed by atoms with Gasteiger partial charge in [0, 0.05) is 31.1 Å². The number of urea groups is 1. The van der Waals surface area contributed by atoms with Crippen molar-refractivity contribution in [1.82, 2.24) is 15.2 Å². The maximum Gasteiger partial charge on any atom is 0.317 e. The monoisotopic (exact) mass is 329 g/mol. The van der Waals surface area contributed by atoms with E-state index in [0.29, 0.717) is 6.54 Å². The normalized spacial score (nSPS) is 16.7. The van der Waals surface area contributed by atoms with Crippen LogP contribution in [0, 0.1) is 6.92 Å². The lowest BCUT2D eigenvalue weighted by atomic mass is 9.87. The number of hydrogen-bond donors (Lipinski definition) is 1. The quantitative estimate of drug-likeness (QED) is 0.929. The lowest BCUT2D eigenvalue weighted by molar-refractivity contribution is 0.184. The molecule has 1 aliphatic carbocycles. The number of rotatable bonds is 4. The third kappa shape index (κ3) is 3.72. The average molecular weight is 329 g/mol. The minimum Gasteiger partial charge on any atom is -0.338 e. The van der Waals surface area contributed by atoms with Gasteiger partial charge >= 0.3 is 6.03 Å². The first kappa shape index (κ1) is 16.0. The van der Waals surface area contributed by atoms with Gasteiger partial charge in [0.15, 0.2) is 0 Å². The van der Waals surface area contributed by atoms with Crippen LogP contribution in [0.4, 0.5) is 4.79 Å². The van der Waals surface area contributed by atoms with E-state index < -0.39 is 0 Å². The molecule has 3 rings (SSSR count). The van der Waals surface area contributed by atoms with Gasteiger partial charge in [-0.2, -0.15) is 0 Å². The van der Waals surface area contributed by atoms with Crippen LogP contribution in [0.2, 0.25) is 0 Å². The van der Waals surface area contributed by atoms with E-state index in [4.69, 9.17) is 0 Å². The molecule has 4 nitrogen and oxygen atoms in total. The Morgan fingerprint density at radius 1 is 1.43 bits per heavy atom. The molecule has 0 spiro atoms. The number of benzene rings is 1. The van der Waals surface area contributed by atoms with E-state index in [2.05, 4.69) is 34.6 Å². The number of nitrogens with one attached hydrogen (secondary N) is 1. The first-order valence-corrected chi connectivity index (χ1v) is 9.02. The summed E-state index contributed by atoms with van der Waals surface area (Å²) in [7, 11) is 1.90. The first-order chi connectivity index (χ1) is 11.1. The van der Waals surface area contributed by atoms with Crippen molar-refractivity contribution in [3.8, 4) is 0 Å². The van der Waals surface area contributed by atoms with Crippen molar-refractivity contribution >= 4 is 17.4 Å². The topological polar surface area (TPSA) is 45.2 Å². The number of carbonyl (C=O) groups excluding carboxylic acids is 1. The van der Waals surface area contributed by atoms with E-state index in [0.717, 1.165) is 36.4 Å². The second-order valence-corrected chi connectivity index (χ2v) is 7.02. The Bertz CT molecular complexity index is 682. The molecule has 1 atom stereocenters. The largest absolute Gasteiger partial charge is 0.338 e.